The van der Waals surface area contributed by atoms with E-state index in [0.29, 0.717) is 0 Å². The van der Waals surface area contributed by atoms with Crippen LogP contribution in [0.25, 0.3) is 0 Å². The minimum Gasteiger partial charge on any atom is -0.497 e. The fraction of sp³-hybridized carbons (Fsp3) is 0.250. The van der Waals surface area contributed by atoms with Gasteiger partial charge in [0, 0.05) is 12.0 Å². The molecule has 2 N–H and O–H groups in total. The minimum absolute atomic E-state index is 0.179. The molecule has 0 heterocycles. The lowest BCUT2D eigenvalue weighted by Gasteiger charge is -2.04. The van der Waals surface area contributed by atoms with E-state index in [1.165, 1.54) is 17.7 Å². The van der Waals surface area contributed by atoms with Crippen LogP contribution in [-0.2, 0) is 13.0 Å². The first kappa shape index (κ1) is 13.6. The van der Waals surface area contributed by atoms with Crippen LogP contribution in [0.4, 0.5) is 4.39 Å². The Morgan fingerprint density at radius 3 is 2.21 bits per heavy atom. The predicted octanol–water partition coefficient (Wildman–Crippen LogP) is 2.14. The summed E-state index contributed by atoms with van der Waals surface area (Å²) in [6.07, 6.45) is 1.02. The highest BCUT2D eigenvalue weighted by Crippen LogP contribution is 2.11. The number of hydrogen-bond acceptors (Lipinski definition) is 1. The van der Waals surface area contributed by atoms with Crippen molar-refractivity contribution in [2.75, 3.05) is 13.7 Å². The van der Waals surface area contributed by atoms with E-state index in [0.717, 1.165) is 30.8 Å². The molecule has 0 aliphatic carbocycles. The smallest absolute Gasteiger partial charge is 0.123 e. The third-order valence-electron chi connectivity index (χ3n) is 3.09. The molecular formula is C16H19FNO+. The van der Waals surface area contributed by atoms with E-state index in [2.05, 4.69) is 17.4 Å². The molecule has 0 amide bonds. The zero-order chi connectivity index (χ0) is 13.5. The zero-order valence-corrected chi connectivity index (χ0v) is 11.1. The third-order valence-corrected chi connectivity index (χ3v) is 3.09. The monoisotopic (exact) mass is 260 g/mol. The number of halogens is 1. The van der Waals surface area contributed by atoms with Crippen molar-refractivity contribution in [2.24, 2.45) is 0 Å². The van der Waals surface area contributed by atoms with E-state index in [-0.39, 0.29) is 5.82 Å². The SMILES string of the molecule is COc1ccc(CC[NH2+]Cc2ccc(F)cc2)cc1. The highest BCUT2D eigenvalue weighted by Gasteiger charge is 1.98. The number of benzene rings is 2. The molecule has 3 heteroatoms. The van der Waals surface area contributed by atoms with Gasteiger partial charge >= 0.3 is 0 Å². The van der Waals surface area contributed by atoms with E-state index in [4.69, 9.17) is 4.74 Å². The van der Waals surface area contributed by atoms with Gasteiger partial charge < -0.3 is 10.1 Å². The summed E-state index contributed by atoms with van der Waals surface area (Å²) < 4.78 is 17.9. The summed E-state index contributed by atoms with van der Waals surface area (Å²) in [6, 6.07) is 14.8. The Morgan fingerprint density at radius 2 is 1.58 bits per heavy atom. The van der Waals surface area contributed by atoms with Crippen LogP contribution in [-0.4, -0.2) is 13.7 Å². The molecular weight excluding hydrogens is 241 g/mol. The van der Waals surface area contributed by atoms with Gasteiger partial charge in [-0.25, -0.2) is 4.39 Å². The van der Waals surface area contributed by atoms with E-state index in [1.54, 1.807) is 7.11 Å². The van der Waals surface area contributed by atoms with Crippen LogP contribution in [0.2, 0.25) is 0 Å². The lowest BCUT2D eigenvalue weighted by atomic mass is 10.1. The summed E-state index contributed by atoms with van der Waals surface area (Å²) in [5.41, 5.74) is 2.45. The first-order valence-corrected chi connectivity index (χ1v) is 6.47. The standard InChI is InChI=1S/C16H18FNO/c1-19-16-8-4-13(5-9-16)10-11-18-12-14-2-6-15(17)7-3-14/h2-9,18H,10-12H2,1H3/p+1. The summed E-state index contributed by atoms with van der Waals surface area (Å²) in [7, 11) is 1.67. The van der Waals surface area contributed by atoms with Gasteiger partial charge in [-0.05, 0) is 29.8 Å². The molecule has 100 valence electrons. The predicted molar refractivity (Wildman–Crippen MR) is 73.6 cm³/mol. The summed E-state index contributed by atoms with van der Waals surface area (Å²) in [5, 5.41) is 2.23. The van der Waals surface area contributed by atoms with Gasteiger partial charge in [0.1, 0.15) is 18.1 Å². The molecule has 0 unspecified atom stereocenters. The van der Waals surface area contributed by atoms with Crippen molar-refractivity contribution in [3.8, 4) is 5.75 Å². The molecule has 0 aliphatic rings. The first-order valence-electron chi connectivity index (χ1n) is 6.47. The van der Waals surface area contributed by atoms with Crippen LogP contribution in [0.15, 0.2) is 48.5 Å². The minimum atomic E-state index is -0.179. The van der Waals surface area contributed by atoms with E-state index in [1.807, 2.05) is 24.3 Å². The molecule has 0 saturated heterocycles. The van der Waals surface area contributed by atoms with Gasteiger partial charge in [-0.2, -0.15) is 0 Å². The van der Waals surface area contributed by atoms with Gasteiger partial charge in [0.25, 0.3) is 0 Å². The molecule has 2 nitrogen and oxygen atoms in total. The zero-order valence-electron chi connectivity index (χ0n) is 11.1. The van der Waals surface area contributed by atoms with Gasteiger partial charge in [-0.3, -0.25) is 0 Å². The summed E-state index contributed by atoms with van der Waals surface area (Å²) >= 11 is 0. The van der Waals surface area contributed by atoms with Gasteiger partial charge in [0.15, 0.2) is 0 Å². The second-order valence-electron chi connectivity index (χ2n) is 4.51. The van der Waals surface area contributed by atoms with Crippen molar-refractivity contribution in [3.63, 3.8) is 0 Å². The maximum atomic E-state index is 12.7. The average molecular weight is 260 g/mol. The van der Waals surface area contributed by atoms with Crippen molar-refractivity contribution >= 4 is 0 Å². The third kappa shape index (κ3) is 4.38. The first-order chi connectivity index (χ1) is 9.28. The second kappa shape index (κ2) is 6.90. The molecule has 19 heavy (non-hydrogen) atoms. The fourth-order valence-corrected chi connectivity index (χ4v) is 1.95. The van der Waals surface area contributed by atoms with Gasteiger partial charge in [0.2, 0.25) is 0 Å². The van der Waals surface area contributed by atoms with Crippen LogP contribution < -0.4 is 10.1 Å². The van der Waals surface area contributed by atoms with Crippen LogP contribution in [0.3, 0.4) is 0 Å². The number of nitrogens with two attached hydrogens (primary N) is 1. The lowest BCUT2D eigenvalue weighted by molar-refractivity contribution is -0.670. The van der Waals surface area contributed by atoms with E-state index >= 15 is 0 Å². The molecule has 0 bridgehead atoms. The van der Waals surface area contributed by atoms with Crippen molar-refractivity contribution in [2.45, 2.75) is 13.0 Å². The maximum Gasteiger partial charge on any atom is 0.123 e. The van der Waals surface area contributed by atoms with Crippen LogP contribution >= 0.6 is 0 Å². The van der Waals surface area contributed by atoms with Crippen molar-refractivity contribution in [1.82, 2.24) is 0 Å². The van der Waals surface area contributed by atoms with Crippen LogP contribution in [0.5, 0.6) is 5.75 Å². The molecule has 0 aliphatic heterocycles. The molecule has 2 aromatic rings. The lowest BCUT2D eigenvalue weighted by Crippen LogP contribution is -2.83. The fourth-order valence-electron chi connectivity index (χ4n) is 1.95. The Labute approximate surface area is 113 Å². The van der Waals surface area contributed by atoms with Gasteiger partial charge in [-0.1, -0.05) is 24.3 Å². The Balaban J connectivity index is 1.72. The summed E-state index contributed by atoms with van der Waals surface area (Å²) in [4.78, 5) is 0. The number of ether oxygens (including phenoxy) is 1. The summed E-state index contributed by atoms with van der Waals surface area (Å²) in [6.45, 7) is 1.90. The van der Waals surface area contributed by atoms with Gasteiger partial charge in [-0.15, -0.1) is 0 Å². The van der Waals surface area contributed by atoms with Crippen molar-refractivity contribution in [1.29, 1.82) is 0 Å². The molecule has 0 atom stereocenters. The molecule has 2 aromatic carbocycles. The van der Waals surface area contributed by atoms with Crippen LogP contribution in [0, 0.1) is 5.82 Å². The largest absolute Gasteiger partial charge is 0.497 e. The molecule has 0 spiro atoms. The van der Waals surface area contributed by atoms with Gasteiger partial charge in [0.05, 0.1) is 13.7 Å². The molecule has 0 saturated carbocycles. The van der Waals surface area contributed by atoms with Crippen molar-refractivity contribution in [3.05, 3.63) is 65.5 Å². The quantitative estimate of drug-likeness (QED) is 0.791. The molecule has 0 radical (unpaired) electrons. The second-order valence-corrected chi connectivity index (χ2v) is 4.51. The topological polar surface area (TPSA) is 25.8 Å². The van der Waals surface area contributed by atoms with Crippen molar-refractivity contribution < 1.29 is 14.4 Å². The maximum absolute atomic E-state index is 12.7. The highest BCUT2D eigenvalue weighted by molar-refractivity contribution is 5.27. The number of hydrogen-bond donors (Lipinski definition) is 1. The Hall–Kier alpha value is -1.87. The average Bonchev–Trinajstić information content (AvgIpc) is 2.46. The molecule has 0 fully saturated rings. The highest BCUT2D eigenvalue weighted by atomic mass is 19.1. The van der Waals surface area contributed by atoms with Crippen LogP contribution in [0.1, 0.15) is 11.1 Å². The number of quaternary nitrogens is 1. The Bertz CT molecular complexity index is 493. The van der Waals surface area contributed by atoms with E-state index in [9.17, 15) is 4.39 Å². The van der Waals surface area contributed by atoms with E-state index < -0.39 is 0 Å². The summed E-state index contributed by atoms with van der Waals surface area (Å²) in [5.74, 6) is 0.709. The Morgan fingerprint density at radius 1 is 0.947 bits per heavy atom. The number of methoxy groups -OCH3 is 1. The molecule has 0 aromatic heterocycles. The number of rotatable bonds is 6. The molecule has 2 rings (SSSR count). The Kier molecular flexibility index (Phi) is 4.93. The normalized spacial score (nSPS) is 10.4.